The van der Waals surface area contributed by atoms with Crippen LogP contribution in [0.2, 0.25) is 15.1 Å². The zero-order valence-electron chi connectivity index (χ0n) is 8.32. The molecule has 0 spiro atoms. The van der Waals surface area contributed by atoms with Gasteiger partial charge in [-0.15, -0.1) is 0 Å². The average Bonchev–Trinajstić information content (AvgIpc) is 2.76. The Bertz CT molecular complexity index is 531. The minimum atomic E-state index is -0.409. The summed E-state index contributed by atoms with van der Waals surface area (Å²) in [5.74, 6) is 0. The molecule has 0 aliphatic carbocycles. The number of nitrogens with zero attached hydrogens (tertiary/aromatic N) is 2. The van der Waals surface area contributed by atoms with Crippen LogP contribution >= 0.6 is 34.8 Å². The van der Waals surface area contributed by atoms with Gasteiger partial charge in [-0.3, -0.25) is 4.57 Å². The van der Waals surface area contributed by atoms with Gasteiger partial charge in [0.15, 0.2) is 0 Å². The Morgan fingerprint density at radius 1 is 1.24 bits per heavy atom. The monoisotopic (exact) mass is 289 g/mol. The Hall–Kier alpha value is -1.23. The summed E-state index contributed by atoms with van der Waals surface area (Å²) in [6.07, 6.45) is 4.37. The lowest BCUT2D eigenvalue weighted by atomic mass is 10.3. The van der Waals surface area contributed by atoms with Gasteiger partial charge in [-0.05, 0) is 12.1 Å². The number of nitrogens with one attached hydrogen (secondary N) is 1. The Morgan fingerprint density at radius 3 is 2.41 bits per heavy atom. The Kier molecular flexibility index (Phi) is 3.57. The van der Waals surface area contributed by atoms with Crippen molar-refractivity contribution in [2.45, 2.75) is 0 Å². The van der Waals surface area contributed by atoms with Crippen molar-refractivity contribution in [2.75, 3.05) is 5.32 Å². The molecule has 1 aromatic heterocycles. The summed E-state index contributed by atoms with van der Waals surface area (Å²) in [4.78, 5) is 15.5. The maximum Gasteiger partial charge on any atom is 0.331 e. The molecule has 4 nitrogen and oxygen atoms in total. The standard InChI is InChI=1S/C10H6Cl3N3O/c11-6-3-7(12)9(8(13)4-6)15-10(17)16-2-1-14-5-16/h1-5H,(H,15,17). The van der Waals surface area contributed by atoms with Gasteiger partial charge in [0, 0.05) is 17.4 Å². The highest BCUT2D eigenvalue weighted by Crippen LogP contribution is 2.33. The van der Waals surface area contributed by atoms with Gasteiger partial charge in [-0.25, -0.2) is 9.78 Å². The lowest BCUT2D eigenvalue weighted by molar-refractivity contribution is 0.253. The van der Waals surface area contributed by atoms with Crippen LogP contribution in [0.4, 0.5) is 10.5 Å². The third-order valence-electron chi connectivity index (χ3n) is 1.98. The fraction of sp³-hybridized carbons (Fsp3) is 0. The molecular weight excluding hydrogens is 284 g/mol. The summed E-state index contributed by atoms with van der Waals surface area (Å²) in [6, 6.07) is 2.59. The summed E-state index contributed by atoms with van der Waals surface area (Å²) >= 11 is 17.6. The van der Waals surface area contributed by atoms with E-state index in [9.17, 15) is 4.79 Å². The van der Waals surface area contributed by atoms with Crippen LogP contribution in [0, 0.1) is 0 Å². The highest BCUT2D eigenvalue weighted by molar-refractivity contribution is 6.42. The highest BCUT2D eigenvalue weighted by atomic mass is 35.5. The number of carbonyl (C=O) groups is 1. The van der Waals surface area contributed by atoms with Gasteiger partial charge in [0.1, 0.15) is 6.33 Å². The zero-order valence-corrected chi connectivity index (χ0v) is 10.6. The fourth-order valence-corrected chi connectivity index (χ4v) is 2.12. The van der Waals surface area contributed by atoms with Gasteiger partial charge in [-0.1, -0.05) is 34.8 Å². The first kappa shape index (κ1) is 12.2. The van der Waals surface area contributed by atoms with E-state index in [1.54, 1.807) is 0 Å². The first-order valence-electron chi connectivity index (χ1n) is 4.52. The number of rotatable bonds is 1. The molecule has 0 unspecified atom stereocenters. The minimum absolute atomic E-state index is 0.274. The van der Waals surface area contributed by atoms with E-state index in [0.717, 1.165) is 0 Å². The number of hydrogen-bond acceptors (Lipinski definition) is 2. The molecule has 0 fully saturated rings. The number of hydrogen-bond donors (Lipinski definition) is 1. The molecule has 0 aliphatic heterocycles. The van der Waals surface area contributed by atoms with Crippen LogP contribution < -0.4 is 5.32 Å². The number of anilines is 1. The van der Waals surface area contributed by atoms with Crippen LogP contribution in [0.3, 0.4) is 0 Å². The molecule has 1 amide bonds. The molecule has 0 saturated carbocycles. The molecule has 1 heterocycles. The van der Waals surface area contributed by atoms with Crippen molar-refractivity contribution in [1.82, 2.24) is 9.55 Å². The van der Waals surface area contributed by atoms with Crippen LogP contribution in [0.1, 0.15) is 0 Å². The maximum absolute atomic E-state index is 11.7. The number of halogens is 3. The number of benzene rings is 1. The van der Waals surface area contributed by atoms with Crippen molar-refractivity contribution >= 4 is 46.5 Å². The fourth-order valence-electron chi connectivity index (χ4n) is 1.21. The van der Waals surface area contributed by atoms with Crippen molar-refractivity contribution in [3.63, 3.8) is 0 Å². The van der Waals surface area contributed by atoms with E-state index >= 15 is 0 Å². The normalized spacial score (nSPS) is 10.3. The largest absolute Gasteiger partial charge is 0.331 e. The van der Waals surface area contributed by atoms with E-state index < -0.39 is 6.03 Å². The molecule has 0 atom stereocenters. The van der Waals surface area contributed by atoms with Gasteiger partial charge >= 0.3 is 6.03 Å². The molecule has 17 heavy (non-hydrogen) atoms. The third kappa shape index (κ3) is 2.72. The van der Waals surface area contributed by atoms with E-state index in [2.05, 4.69) is 10.3 Å². The van der Waals surface area contributed by atoms with Gasteiger partial charge in [0.05, 0.1) is 15.7 Å². The number of imidazole rings is 1. The first-order chi connectivity index (χ1) is 8.08. The number of carbonyl (C=O) groups excluding carboxylic acids is 1. The molecule has 0 bridgehead atoms. The second-order valence-corrected chi connectivity index (χ2v) is 4.40. The molecule has 7 heteroatoms. The van der Waals surface area contributed by atoms with Crippen molar-refractivity contribution in [1.29, 1.82) is 0 Å². The first-order valence-corrected chi connectivity index (χ1v) is 5.65. The van der Waals surface area contributed by atoms with E-state index in [1.807, 2.05) is 0 Å². The second-order valence-electron chi connectivity index (χ2n) is 3.14. The van der Waals surface area contributed by atoms with Crippen molar-refractivity contribution < 1.29 is 4.79 Å². The summed E-state index contributed by atoms with van der Waals surface area (Å²) in [5, 5.41) is 3.52. The molecular formula is C10H6Cl3N3O. The van der Waals surface area contributed by atoms with Crippen molar-refractivity contribution in [2.24, 2.45) is 0 Å². The zero-order chi connectivity index (χ0) is 12.4. The summed E-state index contributed by atoms with van der Waals surface area (Å²) in [6.45, 7) is 0. The SMILES string of the molecule is O=C(Nc1c(Cl)cc(Cl)cc1Cl)n1ccnc1. The quantitative estimate of drug-likeness (QED) is 0.865. The third-order valence-corrected chi connectivity index (χ3v) is 2.79. The van der Waals surface area contributed by atoms with E-state index in [1.165, 1.54) is 35.4 Å². The van der Waals surface area contributed by atoms with Crippen LogP contribution in [0.5, 0.6) is 0 Å². The topological polar surface area (TPSA) is 46.9 Å². The van der Waals surface area contributed by atoms with Crippen molar-refractivity contribution in [3.8, 4) is 0 Å². The van der Waals surface area contributed by atoms with Crippen LogP contribution in [0.25, 0.3) is 0 Å². The molecule has 1 aromatic carbocycles. The minimum Gasteiger partial charge on any atom is -0.304 e. The predicted octanol–water partition coefficient (Wildman–Crippen LogP) is 3.92. The van der Waals surface area contributed by atoms with Crippen molar-refractivity contribution in [3.05, 3.63) is 45.9 Å². The van der Waals surface area contributed by atoms with E-state index in [-0.39, 0.29) is 10.0 Å². The lowest BCUT2D eigenvalue weighted by Gasteiger charge is -2.09. The highest BCUT2D eigenvalue weighted by Gasteiger charge is 2.11. The number of aromatic nitrogens is 2. The smallest absolute Gasteiger partial charge is 0.304 e. The molecule has 2 aromatic rings. The summed E-state index contributed by atoms with van der Waals surface area (Å²) in [7, 11) is 0. The van der Waals surface area contributed by atoms with Gasteiger partial charge in [0.25, 0.3) is 0 Å². The Balaban J connectivity index is 2.28. The molecule has 0 radical (unpaired) electrons. The van der Waals surface area contributed by atoms with Gasteiger partial charge in [-0.2, -0.15) is 0 Å². The summed E-state index contributed by atoms with van der Waals surface area (Å²) in [5.41, 5.74) is 0.316. The lowest BCUT2D eigenvalue weighted by Crippen LogP contribution is -2.18. The molecule has 0 aliphatic rings. The van der Waals surface area contributed by atoms with Crippen LogP contribution in [0.15, 0.2) is 30.9 Å². The Labute approximate surface area is 112 Å². The molecule has 2 rings (SSSR count). The molecule has 1 N–H and O–H groups in total. The second kappa shape index (κ2) is 4.96. The average molecular weight is 291 g/mol. The van der Waals surface area contributed by atoms with Crippen LogP contribution in [-0.4, -0.2) is 15.6 Å². The molecule has 88 valence electrons. The number of amides is 1. The van der Waals surface area contributed by atoms with E-state index in [0.29, 0.717) is 10.7 Å². The Morgan fingerprint density at radius 2 is 1.88 bits per heavy atom. The molecule has 0 saturated heterocycles. The summed E-state index contributed by atoms with van der Waals surface area (Å²) < 4.78 is 1.27. The van der Waals surface area contributed by atoms with Gasteiger partial charge in [0.2, 0.25) is 0 Å². The van der Waals surface area contributed by atoms with E-state index in [4.69, 9.17) is 34.8 Å². The van der Waals surface area contributed by atoms with Gasteiger partial charge < -0.3 is 5.32 Å². The van der Waals surface area contributed by atoms with Crippen LogP contribution in [-0.2, 0) is 0 Å². The predicted molar refractivity (Wildman–Crippen MR) is 68.1 cm³/mol. The maximum atomic E-state index is 11.7.